The van der Waals surface area contributed by atoms with E-state index >= 15 is 0 Å². The van der Waals surface area contributed by atoms with Crippen molar-refractivity contribution in [2.24, 2.45) is 5.41 Å². The van der Waals surface area contributed by atoms with Gasteiger partial charge in [-0.2, -0.15) is 0 Å². The maximum Gasteiger partial charge on any atom is 0.246 e. The van der Waals surface area contributed by atoms with Crippen molar-refractivity contribution in [3.8, 4) is 0 Å². The Balaban J connectivity index is 2.06. The number of carbonyl (C=O) groups is 1. The fourth-order valence-corrected chi connectivity index (χ4v) is 1.58. The van der Waals surface area contributed by atoms with Gasteiger partial charge in [-0.1, -0.05) is 6.92 Å². The fourth-order valence-electron chi connectivity index (χ4n) is 1.58. The van der Waals surface area contributed by atoms with Gasteiger partial charge in [0, 0.05) is 19.8 Å². The van der Waals surface area contributed by atoms with Crippen molar-refractivity contribution in [3.05, 3.63) is 0 Å². The highest BCUT2D eigenvalue weighted by Gasteiger charge is 2.41. The molecule has 0 aliphatic heterocycles. The van der Waals surface area contributed by atoms with Gasteiger partial charge >= 0.3 is 0 Å². The summed E-state index contributed by atoms with van der Waals surface area (Å²) in [6, 6.07) is 0. The molecule has 0 bridgehead atoms. The molecule has 1 rings (SSSR count). The number of hydrogen-bond donors (Lipinski definition) is 2. The predicted molar refractivity (Wildman–Crippen MR) is 57.5 cm³/mol. The smallest absolute Gasteiger partial charge is 0.246 e. The first kappa shape index (κ1) is 12.5. The van der Waals surface area contributed by atoms with E-state index in [2.05, 4.69) is 5.32 Å². The van der Waals surface area contributed by atoms with E-state index in [0.717, 1.165) is 25.7 Å². The van der Waals surface area contributed by atoms with Gasteiger partial charge in [0.15, 0.2) is 0 Å². The van der Waals surface area contributed by atoms with Crippen LogP contribution in [0.5, 0.6) is 0 Å². The Hall–Kier alpha value is -0.610. The Morgan fingerprint density at radius 3 is 2.80 bits per heavy atom. The number of nitrogens with one attached hydrogen (secondary N) is 1. The molecular formula is C11H21NO3. The Labute approximate surface area is 91.0 Å². The number of rotatable bonds is 8. The van der Waals surface area contributed by atoms with Crippen molar-refractivity contribution in [3.63, 3.8) is 0 Å². The lowest BCUT2D eigenvalue weighted by Gasteiger charge is -2.14. The van der Waals surface area contributed by atoms with Crippen molar-refractivity contribution >= 4 is 5.91 Å². The van der Waals surface area contributed by atoms with Crippen molar-refractivity contribution in [1.29, 1.82) is 0 Å². The summed E-state index contributed by atoms with van der Waals surface area (Å²) < 4.78 is 5.13. The molecule has 4 nitrogen and oxygen atoms in total. The van der Waals surface area contributed by atoms with E-state index in [1.807, 2.05) is 6.92 Å². The van der Waals surface area contributed by atoms with E-state index in [0.29, 0.717) is 13.2 Å². The quantitative estimate of drug-likeness (QED) is 0.586. The minimum absolute atomic E-state index is 0.0485. The van der Waals surface area contributed by atoms with Gasteiger partial charge in [0.1, 0.15) is 6.61 Å². The summed E-state index contributed by atoms with van der Waals surface area (Å²) in [5.41, 5.74) is 0.190. The standard InChI is InChI=1S/C11H21NO3/c1-2-7-15-8-10(14)12-9-11(3-4-11)5-6-13/h13H,2-9H2,1H3,(H,12,14). The summed E-state index contributed by atoms with van der Waals surface area (Å²) >= 11 is 0. The van der Waals surface area contributed by atoms with Gasteiger partial charge in [-0.25, -0.2) is 0 Å². The minimum Gasteiger partial charge on any atom is -0.396 e. The van der Waals surface area contributed by atoms with Crippen LogP contribution < -0.4 is 5.32 Å². The fraction of sp³-hybridized carbons (Fsp3) is 0.909. The first-order valence-corrected chi connectivity index (χ1v) is 5.68. The Morgan fingerprint density at radius 2 is 2.27 bits per heavy atom. The third-order valence-electron chi connectivity index (χ3n) is 2.84. The summed E-state index contributed by atoms with van der Waals surface area (Å²) in [5, 5.41) is 11.7. The second kappa shape index (κ2) is 6.08. The molecule has 1 aliphatic rings. The normalized spacial score (nSPS) is 17.5. The van der Waals surface area contributed by atoms with Gasteiger partial charge in [0.25, 0.3) is 0 Å². The van der Waals surface area contributed by atoms with E-state index < -0.39 is 0 Å². The second-order valence-electron chi connectivity index (χ2n) is 4.30. The molecule has 0 spiro atoms. The minimum atomic E-state index is -0.0485. The first-order chi connectivity index (χ1) is 7.22. The third-order valence-corrected chi connectivity index (χ3v) is 2.84. The van der Waals surface area contributed by atoms with Gasteiger partial charge in [-0.3, -0.25) is 4.79 Å². The molecule has 0 unspecified atom stereocenters. The molecule has 4 heteroatoms. The zero-order valence-corrected chi connectivity index (χ0v) is 9.42. The monoisotopic (exact) mass is 215 g/mol. The van der Waals surface area contributed by atoms with Crippen molar-refractivity contribution in [2.75, 3.05) is 26.4 Å². The van der Waals surface area contributed by atoms with Crippen LogP contribution in [0.15, 0.2) is 0 Å². The summed E-state index contributed by atoms with van der Waals surface area (Å²) in [7, 11) is 0. The lowest BCUT2D eigenvalue weighted by molar-refractivity contribution is -0.126. The summed E-state index contributed by atoms with van der Waals surface area (Å²) in [6.07, 6.45) is 3.96. The highest BCUT2D eigenvalue weighted by molar-refractivity contribution is 5.77. The molecule has 0 radical (unpaired) electrons. The topological polar surface area (TPSA) is 58.6 Å². The van der Waals surface area contributed by atoms with Crippen LogP contribution in [0, 0.1) is 5.41 Å². The lowest BCUT2D eigenvalue weighted by atomic mass is 10.0. The van der Waals surface area contributed by atoms with Crippen molar-refractivity contribution < 1.29 is 14.6 Å². The molecule has 0 saturated heterocycles. The summed E-state index contributed by atoms with van der Waals surface area (Å²) in [4.78, 5) is 11.3. The molecule has 0 atom stereocenters. The number of amides is 1. The maximum atomic E-state index is 11.3. The Kier molecular flexibility index (Phi) is 5.05. The van der Waals surface area contributed by atoms with Crippen LogP contribution in [-0.2, 0) is 9.53 Å². The van der Waals surface area contributed by atoms with Gasteiger partial charge in [0.2, 0.25) is 5.91 Å². The van der Waals surface area contributed by atoms with Gasteiger partial charge in [0.05, 0.1) is 0 Å². The molecule has 88 valence electrons. The molecule has 0 aromatic heterocycles. The molecule has 0 aromatic rings. The Morgan fingerprint density at radius 1 is 1.53 bits per heavy atom. The van der Waals surface area contributed by atoms with Crippen LogP contribution in [0.2, 0.25) is 0 Å². The number of ether oxygens (including phenoxy) is 1. The van der Waals surface area contributed by atoms with E-state index in [1.165, 1.54) is 0 Å². The highest BCUT2D eigenvalue weighted by Crippen LogP contribution is 2.47. The van der Waals surface area contributed by atoms with Crippen molar-refractivity contribution in [2.45, 2.75) is 32.6 Å². The molecule has 1 saturated carbocycles. The van der Waals surface area contributed by atoms with Gasteiger partial charge in [-0.15, -0.1) is 0 Å². The molecule has 2 N–H and O–H groups in total. The lowest BCUT2D eigenvalue weighted by Crippen LogP contribution is -2.33. The number of hydrogen-bond acceptors (Lipinski definition) is 3. The third kappa shape index (κ3) is 4.62. The van der Waals surface area contributed by atoms with Gasteiger partial charge < -0.3 is 15.2 Å². The van der Waals surface area contributed by atoms with Gasteiger partial charge in [-0.05, 0) is 31.1 Å². The van der Waals surface area contributed by atoms with Crippen LogP contribution in [0.1, 0.15) is 32.6 Å². The van der Waals surface area contributed by atoms with Crippen LogP contribution in [-0.4, -0.2) is 37.4 Å². The Bertz CT molecular complexity index is 202. The average molecular weight is 215 g/mol. The zero-order chi connectivity index (χ0) is 11.1. The van der Waals surface area contributed by atoms with Crippen LogP contribution in [0.25, 0.3) is 0 Å². The maximum absolute atomic E-state index is 11.3. The van der Waals surface area contributed by atoms with E-state index in [-0.39, 0.29) is 24.5 Å². The largest absolute Gasteiger partial charge is 0.396 e. The summed E-state index contributed by atoms with van der Waals surface area (Å²) in [5.74, 6) is -0.0485. The van der Waals surface area contributed by atoms with Crippen LogP contribution >= 0.6 is 0 Å². The number of aliphatic hydroxyl groups is 1. The van der Waals surface area contributed by atoms with Crippen LogP contribution in [0.3, 0.4) is 0 Å². The summed E-state index contributed by atoms with van der Waals surface area (Å²) in [6.45, 7) is 3.70. The molecule has 1 fully saturated rings. The average Bonchev–Trinajstić information content (AvgIpc) is 2.97. The molecular weight excluding hydrogens is 194 g/mol. The van der Waals surface area contributed by atoms with Crippen LogP contribution in [0.4, 0.5) is 0 Å². The number of carbonyl (C=O) groups excluding carboxylic acids is 1. The zero-order valence-electron chi connectivity index (χ0n) is 9.42. The molecule has 1 aliphatic carbocycles. The number of aliphatic hydroxyl groups excluding tert-OH is 1. The van der Waals surface area contributed by atoms with E-state index in [9.17, 15) is 4.79 Å². The SMILES string of the molecule is CCCOCC(=O)NCC1(CCO)CC1. The second-order valence-corrected chi connectivity index (χ2v) is 4.30. The van der Waals surface area contributed by atoms with Crippen molar-refractivity contribution in [1.82, 2.24) is 5.32 Å². The predicted octanol–water partition coefficient (Wildman–Crippen LogP) is 0.692. The molecule has 0 heterocycles. The molecule has 15 heavy (non-hydrogen) atoms. The molecule has 0 aromatic carbocycles. The highest BCUT2D eigenvalue weighted by atomic mass is 16.5. The van der Waals surface area contributed by atoms with E-state index in [4.69, 9.17) is 9.84 Å². The van der Waals surface area contributed by atoms with E-state index in [1.54, 1.807) is 0 Å². The molecule has 1 amide bonds. The first-order valence-electron chi connectivity index (χ1n) is 5.68.